The van der Waals surface area contributed by atoms with Crippen molar-refractivity contribution in [3.05, 3.63) is 98.2 Å². The molecule has 2 aromatic heterocycles. The first-order valence-electron chi connectivity index (χ1n) is 8.53. The first kappa shape index (κ1) is 24.5. The van der Waals surface area contributed by atoms with Gasteiger partial charge in [-0.25, -0.2) is 19.9 Å². The maximum atomic E-state index is 8.58. The summed E-state index contributed by atoms with van der Waals surface area (Å²) in [7, 11) is -1.34. The van der Waals surface area contributed by atoms with E-state index in [4.69, 9.17) is 10.0 Å². The molecular formula is C20H16BBr2IN4O2. The van der Waals surface area contributed by atoms with E-state index in [-0.39, 0.29) is 0 Å². The van der Waals surface area contributed by atoms with Crippen molar-refractivity contribution in [3.8, 4) is 11.4 Å². The third-order valence-corrected chi connectivity index (χ3v) is 4.71. The molecule has 4 aromatic rings. The molecule has 0 aliphatic rings. The highest BCUT2D eigenvalue weighted by Crippen LogP contribution is 2.14. The molecule has 0 bridgehead atoms. The molecule has 0 aliphatic heterocycles. The minimum atomic E-state index is -1.34. The minimum Gasteiger partial charge on any atom is -0.423 e. The fourth-order valence-electron chi connectivity index (χ4n) is 1.97. The lowest BCUT2D eigenvalue weighted by molar-refractivity contribution is 0.426. The Balaban J connectivity index is 0.000000167. The number of halogens is 3. The van der Waals surface area contributed by atoms with E-state index in [0.29, 0.717) is 5.46 Å². The molecule has 2 heterocycles. The van der Waals surface area contributed by atoms with Crippen LogP contribution in [0.3, 0.4) is 0 Å². The second-order valence-electron chi connectivity index (χ2n) is 5.55. The number of benzene rings is 2. The summed E-state index contributed by atoms with van der Waals surface area (Å²) in [6.45, 7) is 0. The van der Waals surface area contributed by atoms with Crippen molar-refractivity contribution < 1.29 is 10.0 Å². The molecule has 2 aromatic carbocycles. The maximum Gasteiger partial charge on any atom is 0.488 e. The number of nitrogens with zero attached hydrogens (tertiary/aromatic N) is 4. The van der Waals surface area contributed by atoms with Crippen molar-refractivity contribution in [2.45, 2.75) is 0 Å². The van der Waals surface area contributed by atoms with Crippen molar-refractivity contribution in [2.75, 3.05) is 0 Å². The zero-order valence-corrected chi connectivity index (χ0v) is 20.8. The standard InChI is InChI=1S/C10H7BrN2.C6H7BO2.C4H2BrIN2/c11-9-6-12-10(13-7-9)8-4-2-1-3-5-8;8-7(9)6-4-2-1-3-5-6;5-3-1-7-4(6)8-2-3/h1-7H;1-5,8-9H;1-2H. The quantitative estimate of drug-likeness (QED) is 0.195. The topological polar surface area (TPSA) is 92.0 Å². The van der Waals surface area contributed by atoms with Gasteiger partial charge < -0.3 is 10.0 Å². The zero-order chi connectivity index (χ0) is 21.8. The Hall–Kier alpha value is -1.73. The van der Waals surface area contributed by atoms with Crippen molar-refractivity contribution in [2.24, 2.45) is 0 Å². The SMILES string of the molecule is Brc1cnc(-c2ccccc2)nc1.Brc1cnc(I)nc1.OB(O)c1ccccc1. The summed E-state index contributed by atoms with van der Waals surface area (Å²) in [4.78, 5) is 16.2. The van der Waals surface area contributed by atoms with Gasteiger partial charge >= 0.3 is 7.12 Å². The average molecular weight is 642 g/mol. The van der Waals surface area contributed by atoms with Gasteiger partial charge in [0.05, 0.1) is 8.95 Å². The molecule has 30 heavy (non-hydrogen) atoms. The van der Waals surface area contributed by atoms with Gasteiger partial charge in [-0.05, 0) is 37.3 Å². The van der Waals surface area contributed by atoms with Gasteiger partial charge in [-0.3, -0.25) is 0 Å². The summed E-state index contributed by atoms with van der Waals surface area (Å²) in [6.07, 6.45) is 6.92. The summed E-state index contributed by atoms with van der Waals surface area (Å²) in [5.74, 6) is 0.754. The second-order valence-corrected chi connectivity index (χ2v) is 8.34. The number of aromatic nitrogens is 4. The molecular weight excluding hydrogens is 626 g/mol. The molecule has 152 valence electrons. The summed E-state index contributed by atoms with van der Waals surface area (Å²) >= 11 is 8.56. The zero-order valence-electron chi connectivity index (χ0n) is 15.5. The molecule has 0 unspecified atom stereocenters. The Morgan fingerprint density at radius 1 is 0.667 bits per heavy atom. The van der Waals surface area contributed by atoms with Gasteiger partial charge in [0, 0.05) is 52.9 Å². The third-order valence-electron chi connectivity index (χ3n) is 3.34. The smallest absolute Gasteiger partial charge is 0.423 e. The Labute approximate surface area is 205 Å². The van der Waals surface area contributed by atoms with Crippen molar-refractivity contribution >= 4 is 67.0 Å². The van der Waals surface area contributed by atoms with E-state index in [9.17, 15) is 0 Å². The van der Waals surface area contributed by atoms with Crippen LogP contribution in [0.1, 0.15) is 0 Å². The lowest BCUT2D eigenvalue weighted by Gasteiger charge is -1.97. The van der Waals surface area contributed by atoms with E-state index in [1.165, 1.54) is 0 Å². The monoisotopic (exact) mass is 640 g/mol. The van der Waals surface area contributed by atoms with Gasteiger partial charge in [0.1, 0.15) is 0 Å². The third kappa shape index (κ3) is 9.39. The predicted molar refractivity (Wildman–Crippen MR) is 134 cm³/mol. The predicted octanol–water partition coefficient (Wildman–Crippen LogP) is 4.12. The molecule has 2 N–H and O–H groups in total. The van der Waals surface area contributed by atoms with Crippen molar-refractivity contribution in [3.63, 3.8) is 0 Å². The van der Waals surface area contributed by atoms with E-state index < -0.39 is 7.12 Å². The Kier molecular flexibility index (Phi) is 11.1. The van der Waals surface area contributed by atoms with Crippen LogP contribution >= 0.6 is 54.5 Å². The molecule has 0 spiro atoms. The van der Waals surface area contributed by atoms with E-state index in [1.54, 1.807) is 49.1 Å². The number of hydrogen-bond acceptors (Lipinski definition) is 6. The van der Waals surface area contributed by atoms with Crippen LogP contribution in [0.5, 0.6) is 0 Å². The van der Waals surface area contributed by atoms with Crippen LogP contribution in [-0.4, -0.2) is 37.1 Å². The molecule has 0 fully saturated rings. The Bertz CT molecular complexity index is 976. The van der Waals surface area contributed by atoms with Gasteiger partial charge in [0.25, 0.3) is 0 Å². The van der Waals surface area contributed by atoms with Crippen LogP contribution in [0.15, 0.2) is 94.4 Å². The molecule has 6 nitrogen and oxygen atoms in total. The lowest BCUT2D eigenvalue weighted by atomic mass is 9.81. The van der Waals surface area contributed by atoms with Gasteiger partial charge in [-0.15, -0.1) is 0 Å². The molecule has 0 radical (unpaired) electrons. The average Bonchev–Trinajstić information content (AvgIpc) is 2.78. The first-order chi connectivity index (χ1) is 14.5. The molecule has 0 amide bonds. The van der Waals surface area contributed by atoms with Crippen LogP contribution in [0, 0.1) is 3.83 Å². The summed E-state index contributed by atoms with van der Waals surface area (Å²) in [6, 6.07) is 18.6. The summed E-state index contributed by atoms with van der Waals surface area (Å²) in [5.41, 5.74) is 1.56. The summed E-state index contributed by atoms with van der Waals surface area (Å²) < 4.78 is 2.58. The van der Waals surface area contributed by atoms with Crippen molar-refractivity contribution in [1.82, 2.24) is 19.9 Å². The van der Waals surface area contributed by atoms with Crippen LogP contribution < -0.4 is 5.46 Å². The molecule has 0 atom stereocenters. The highest BCUT2D eigenvalue weighted by Gasteiger charge is 2.07. The van der Waals surface area contributed by atoms with Gasteiger partial charge in [-0.1, -0.05) is 60.7 Å². The molecule has 4 rings (SSSR count). The highest BCUT2D eigenvalue weighted by atomic mass is 127. The number of hydrogen-bond donors (Lipinski definition) is 2. The van der Waals surface area contributed by atoms with Crippen LogP contribution in [0.2, 0.25) is 0 Å². The van der Waals surface area contributed by atoms with Gasteiger partial charge in [0.2, 0.25) is 0 Å². The molecule has 10 heteroatoms. The molecule has 0 aliphatic carbocycles. The number of rotatable bonds is 2. The van der Waals surface area contributed by atoms with Crippen LogP contribution in [-0.2, 0) is 0 Å². The fraction of sp³-hybridized carbons (Fsp3) is 0. The van der Waals surface area contributed by atoms with Gasteiger partial charge in [0.15, 0.2) is 9.66 Å². The normalized spacial score (nSPS) is 9.50. The Morgan fingerprint density at radius 2 is 1.10 bits per heavy atom. The first-order valence-corrected chi connectivity index (χ1v) is 11.2. The lowest BCUT2D eigenvalue weighted by Crippen LogP contribution is -2.29. The van der Waals surface area contributed by atoms with E-state index in [0.717, 1.165) is 24.2 Å². The summed E-state index contributed by atoms with van der Waals surface area (Å²) in [5, 5.41) is 17.2. The minimum absolute atomic E-state index is 0.525. The Morgan fingerprint density at radius 3 is 1.50 bits per heavy atom. The molecule has 0 saturated carbocycles. The van der Waals surface area contributed by atoms with Crippen molar-refractivity contribution in [1.29, 1.82) is 0 Å². The van der Waals surface area contributed by atoms with E-state index in [1.807, 2.05) is 36.4 Å². The fourth-order valence-corrected chi connectivity index (χ4v) is 2.66. The maximum absolute atomic E-state index is 8.58. The van der Waals surface area contributed by atoms with E-state index >= 15 is 0 Å². The van der Waals surface area contributed by atoms with Crippen LogP contribution in [0.4, 0.5) is 0 Å². The second kappa shape index (κ2) is 13.6. The van der Waals surface area contributed by atoms with Gasteiger partial charge in [-0.2, -0.15) is 0 Å². The largest absolute Gasteiger partial charge is 0.488 e. The molecule has 0 saturated heterocycles. The van der Waals surface area contributed by atoms with Crippen LogP contribution in [0.25, 0.3) is 11.4 Å². The highest BCUT2D eigenvalue weighted by molar-refractivity contribution is 14.1. The van der Waals surface area contributed by atoms with E-state index in [2.05, 4.69) is 74.4 Å².